The number of hydrogen-bond acceptors (Lipinski definition) is 19. The van der Waals surface area contributed by atoms with E-state index >= 15 is 0 Å². The number of hydrogen-bond donors (Lipinski definition) is 0. The van der Waals surface area contributed by atoms with Crippen LogP contribution in [0.1, 0.15) is 140 Å². The molecule has 4 aliphatic heterocycles. The Hall–Kier alpha value is -4.86. The molecular formula is C64H96N2O17. The Morgan fingerprint density at radius 1 is 0.578 bits per heavy atom. The van der Waals surface area contributed by atoms with Crippen LogP contribution >= 0.6 is 0 Å². The molecule has 0 N–H and O–H groups in total. The summed E-state index contributed by atoms with van der Waals surface area (Å²) in [6.45, 7) is 6.40. The van der Waals surface area contributed by atoms with Crippen LogP contribution in [0.3, 0.4) is 0 Å². The van der Waals surface area contributed by atoms with E-state index in [0.717, 1.165) is 55.5 Å². The van der Waals surface area contributed by atoms with E-state index in [1.54, 1.807) is 28.4 Å². The molecule has 4 heterocycles. The molecule has 2 spiro atoms. The summed E-state index contributed by atoms with van der Waals surface area (Å²) in [5.74, 6) is 1.89. The summed E-state index contributed by atoms with van der Waals surface area (Å²) in [6.07, 6.45) is 16.0. The molecule has 4 aliphatic carbocycles. The number of ether oxygens (including phenoxy) is 13. The first-order valence-electron chi connectivity index (χ1n) is 29.7. The van der Waals surface area contributed by atoms with Crippen molar-refractivity contribution in [2.75, 3.05) is 122 Å². The fourth-order valence-corrected chi connectivity index (χ4v) is 14.9. The molecule has 19 nitrogen and oxygen atoms in total. The van der Waals surface area contributed by atoms with Gasteiger partial charge in [0.1, 0.15) is 30.2 Å². The van der Waals surface area contributed by atoms with Crippen molar-refractivity contribution in [2.45, 2.75) is 177 Å². The van der Waals surface area contributed by atoms with Crippen molar-refractivity contribution in [2.24, 2.45) is 0 Å². The smallest absolute Gasteiger partial charge is 0.337 e. The number of ketones is 1. The Balaban J connectivity index is 0.000000238. The molecule has 2 saturated heterocycles. The third kappa shape index (κ3) is 12.6. The number of unbranched alkanes of at least 4 members (excludes halogenated alkanes) is 8. The van der Waals surface area contributed by atoms with Crippen LogP contribution < -0.4 is 18.9 Å². The van der Waals surface area contributed by atoms with Gasteiger partial charge < -0.3 is 61.6 Å². The molecule has 2 aromatic rings. The largest absolute Gasteiger partial charge is 0.493 e. The van der Waals surface area contributed by atoms with E-state index in [2.05, 4.69) is 43.0 Å². The highest BCUT2D eigenvalue weighted by Gasteiger charge is 2.76. The van der Waals surface area contributed by atoms with Gasteiger partial charge in [-0.25, -0.2) is 9.59 Å². The van der Waals surface area contributed by atoms with E-state index in [4.69, 9.17) is 61.6 Å². The Morgan fingerprint density at radius 3 is 1.61 bits per heavy atom. The van der Waals surface area contributed by atoms with Gasteiger partial charge in [-0.15, -0.1) is 0 Å². The average Bonchev–Trinajstić information content (AvgIpc) is 2.19. The van der Waals surface area contributed by atoms with Gasteiger partial charge in [-0.05, 0) is 95.0 Å². The van der Waals surface area contributed by atoms with Crippen molar-refractivity contribution in [3.8, 4) is 23.0 Å². The topological polar surface area (TPSA) is 195 Å². The van der Waals surface area contributed by atoms with Crippen LogP contribution in [0.4, 0.5) is 0 Å². The van der Waals surface area contributed by atoms with Crippen LogP contribution in [0.15, 0.2) is 36.1 Å². The van der Waals surface area contributed by atoms with E-state index in [1.165, 1.54) is 50.5 Å². The minimum absolute atomic E-state index is 0. The van der Waals surface area contributed by atoms with Crippen molar-refractivity contribution < 1.29 is 80.8 Å². The van der Waals surface area contributed by atoms with E-state index in [9.17, 15) is 19.2 Å². The Labute approximate surface area is 492 Å². The quantitative estimate of drug-likeness (QED) is 0.0398. The van der Waals surface area contributed by atoms with Crippen LogP contribution in [0, 0.1) is 0 Å². The van der Waals surface area contributed by atoms with Crippen LogP contribution in [0.25, 0.3) is 0 Å². The Morgan fingerprint density at radius 2 is 1.06 bits per heavy atom. The molecule has 8 atom stereocenters. The zero-order valence-corrected chi connectivity index (χ0v) is 49.0. The molecule has 3 fully saturated rings. The van der Waals surface area contributed by atoms with Gasteiger partial charge in [-0.3, -0.25) is 19.4 Å². The number of carbonyl (C=O) groups excluding carboxylic acids is 4. The van der Waals surface area contributed by atoms with Gasteiger partial charge in [0, 0.05) is 44.6 Å². The summed E-state index contributed by atoms with van der Waals surface area (Å²) in [5.41, 5.74) is 1.18. The zero-order chi connectivity index (χ0) is 57.2. The average molecular weight is 1170 g/mol. The summed E-state index contributed by atoms with van der Waals surface area (Å²) < 4.78 is 75.4. The maximum Gasteiger partial charge on any atom is 0.337 e. The lowest BCUT2D eigenvalue weighted by Crippen LogP contribution is -2.77. The number of benzene rings is 2. The van der Waals surface area contributed by atoms with Crippen LogP contribution in [-0.2, 0) is 85.5 Å². The normalized spacial score (nSPS) is 27.2. The van der Waals surface area contributed by atoms with Gasteiger partial charge in [-0.1, -0.05) is 85.3 Å². The molecule has 8 aliphatic rings. The molecule has 2 unspecified atom stereocenters. The van der Waals surface area contributed by atoms with Crippen LogP contribution in [-0.4, -0.2) is 191 Å². The first-order valence-corrected chi connectivity index (χ1v) is 29.7. The molecule has 0 aromatic heterocycles. The molecule has 0 amide bonds. The van der Waals surface area contributed by atoms with Gasteiger partial charge in [-0.2, -0.15) is 0 Å². The van der Waals surface area contributed by atoms with E-state index < -0.39 is 46.2 Å². The maximum absolute atomic E-state index is 13.4. The van der Waals surface area contributed by atoms with E-state index in [1.807, 2.05) is 18.2 Å². The number of rotatable bonds is 31. The minimum Gasteiger partial charge on any atom is -0.493 e. The van der Waals surface area contributed by atoms with Gasteiger partial charge in [0.25, 0.3) is 0 Å². The van der Waals surface area contributed by atoms with E-state index in [0.29, 0.717) is 107 Å². The summed E-state index contributed by atoms with van der Waals surface area (Å²) >= 11 is 0. The van der Waals surface area contributed by atoms with Crippen LogP contribution in [0.5, 0.6) is 23.0 Å². The molecule has 464 valence electrons. The lowest BCUT2D eigenvalue weighted by atomic mass is 9.49. The highest BCUT2D eigenvalue weighted by atomic mass is 16.6. The van der Waals surface area contributed by atoms with Gasteiger partial charge in [0.2, 0.25) is 0 Å². The number of likely N-dealkylation sites (tertiary alicyclic amines) is 2. The summed E-state index contributed by atoms with van der Waals surface area (Å²) in [7, 11) is 10.6. The molecule has 2 aromatic carbocycles. The SMILES string of the molecule is C.C.CCCCCCCCCCCC(=O)O[C@@]12CCC(=O)C3Oc4c(OC)ccc5c4[C@@]31CCN(C)[C@@H]2C5.COCCOCCOCC(=O)OC1=CC[C@@]2(OC(=O)COCCOCCOC)[C@H]3Cc4ccc(OC)c5c4[C@@]2(CCN3C)C1O5. The number of esters is 3. The van der Waals surface area contributed by atoms with Crippen molar-refractivity contribution >= 4 is 23.7 Å². The zero-order valence-electron chi connectivity index (χ0n) is 49.0. The van der Waals surface area contributed by atoms with Crippen molar-refractivity contribution in [1.29, 1.82) is 0 Å². The lowest BCUT2D eigenvalue weighted by Gasteiger charge is -2.63. The van der Waals surface area contributed by atoms with Gasteiger partial charge >= 0.3 is 17.9 Å². The minimum atomic E-state index is -0.989. The van der Waals surface area contributed by atoms with Crippen LogP contribution in [0.2, 0.25) is 0 Å². The summed E-state index contributed by atoms with van der Waals surface area (Å²) in [4.78, 5) is 57.6. The molecule has 19 heteroatoms. The highest BCUT2D eigenvalue weighted by Crippen LogP contribution is 2.68. The van der Waals surface area contributed by atoms with Gasteiger partial charge in [0.05, 0.1) is 90.0 Å². The second-order valence-electron chi connectivity index (χ2n) is 23.0. The third-order valence-electron chi connectivity index (χ3n) is 18.6. The molecule has 10 rings (SSSR count). The lowest BCUT2D eigenvalue weighted by molar-refractivity contribution is -0.213. The van der Waals surface area contributed by atoms with Crippen molar-refractivity contribution in [3.05, 3.63) is 58.4 Å². The number of carbonyl (C=O) groups is 4. The summed E-state index contributed by atoms with van der Waals surface area (Å²) in [5, 5.41) is 0. The maximum atomic E-state index is 13.4. The Bertz CT molecular complexity index is 2560. The van der Waals surface area contributed by atoms with Gasteiger partial charge in [0.15, 0.2) is 41.0 Å². The van der Waals surface area contributed by atoms with Crippen molar-refractivity contribution in [3.63, 3.8) is 0 Å². The van der Waals surface area contributed by atoms with Crippen molar-refractivity contribution in [1.82, 2.24) is 9.80 Å². The molecular weight excluding hydrogens is 1070 g/mol. The fraction of sp³-hybridized carbons (Fsp3) is 0.719. The predicted molar refractivity (Wildman–Crippen MR) is 311 cm³/mol. The molecule has 83 heavy (non-hydrogen) atoms. The number of methoxy groups -OCH3 is 4. The third-order valence-corrected chi connectivity index (χ3v) is 18.6. The van der Waals surface area contributed by atoms with E-state index in [-0.39, 0.29) is 65.1 Å². The highest BCUT2D eigenvalue weighted by molar-refractivity contribution is 5.90. The molecule has 1 saturated carbocycles. The summed E-state index contributed by atoms with van der Waals surface area (Å²) in [6, 6.07) is 7.93. The number of nitrogens with zero attached hydrogens (tertiary/aromatic N) is 2. The fourth-order valence-electron chi connectivity index (χ4n) is 14.9. The second-order valence-corrected chi connectivity index (χ2v) is 23.0. The number of Topliss-reactive ketones (excluding diaryl/α,β-unsaturated/α-hetero) is 1. The standard InChI is InChI=1S/C32H45NO12.C30H43NO5.2CH4/c1-33-10-9-31-28-22-5-6-23(38-4)29(28)44-30(31)24(43-26(34)20-41-17-15-39-13-11-36-2)7-8-32(31,25(33)19-22)45-27(35)21-42-18-16-40-14-12-37-3;1-4-5-6-7-8-9-10-11-12-13-25(33)36-30-17-16-22(32)28-29(30)18-19-31(2)24(30)20-21-14-15-23(34-3)27(35-28)26(21)29;;/h5-7,25,30H,8-21H2,1-4H3;14-15,24,28H,4-13,16-20H2,1-3H3;2*1H4/t25-,30?,31+,32-;24-,28?,29+,30-;;/m11../s1. The Kier molecular flexibility index (Phi) is 23.3. The molecule has 4 bridgehead atoms. The number of likely N-dealkylation sites (N-methyl/N-ethyl adjacent to an activating group) is 2. The first kappa shape index (κ1) is 65.7. The predicted octanol–water partition coefficient (Wildman–Crippen LogP) is 8.22. The number of piperidine rings is 2. The monoisotopic (exact) mass is 1160 g/mol. The second kappa shape index (κ2) is 29.5. The molecule has 0 radical (unpaired) electrons. The first-order chi connectivity index (χ1) is 39.4.